The Balaban J connectivity index is 0.000000146. The molecule has 2 aliphatic rings. The fraction of sp³-hybridized carbons (Fsp3) is 0.478. The smallest absolute Gasteiger partial charge is 0.119 e. The van der Waals surface area contributed by atoms with Gasteiger partial charge >= 0.3 is 0 Å². The van der Waals surface area contributed by atoms with Gasteiger partial charge in [0, 0.05) is 0 Å². The highest BCUT2D eigenvalue weighted by Crippen LogP contribution is 2.40. The molecule has 0 fully saturated rings. The Morgan fingerprint density at radius 1 is 0.800 bits per heavy atom. The van der Waals surface area contributed by atoms with E-state index in [0.29, 0.717) is 16.6 Å². The molecule has 2 aromatic rings. The van der Waals surface area contributed by atoms with E-state index < -0.39 is 0 Å². The number of rotatable bonds is 1. The Morgan fingerprint density at radius 2 is 1.32 bits per heavy atom. The molecule has 1 N–H and O–H groups in total. The summed E-state index contributed by atoms with van der Waals surface area (Å²) in [6.45, 7) is 9.14. The van der Waals surface area contributed by atoms with E-state index in [9.17, 15) is 5.11 Å². The van der Waals surface area contributed by atoms with Crippen molar-refractivity contribution in [3.63, 3.8) is 0 Å². The largest absolute Gasteiger partial charge is 0.508 e. The first-order chi connectivity index (χ1) is 11.7. The van der Waals surface area contributed by atoms with E-state index >= 15 is 0 Å². The molecule has 2 heteroatoms. The van der Waals surface area contributed by atoms with Crippen molar-refractivity contribution >= 4 is 0 Å². The number of fused-ring (bicyclic) bond motifs is 2. The molecule has 4 rings (SSSR count). The monoisotopic (exact) mass is 338 g/mol. The SMILES string of the molecule is CC1(C)CCc2cc(O)ccc21.COc1ccc2c(c1)CCC2(C)C. The summed E-state index contributed by atoms with van der Waals surface area (Å²) < 4.78 is 5.21. The minimum Gasteiger partial charge on any atom is -0.508 e. The lowest BCUT2D eigenvalue weighted by molar-refractivity contribution is 0.414. The number of hydrogen-bond acceptors (Lipinski definition) is 2. The minimum absolute atomic E-state index is 0.309. The maximum Gasteiger partial charge on any atom is 0.119 e. The van der Waals surface area contributed by atoms with Crippen LogP contribution < -0.4 is 4.74 Å². The summed E-state index contributed by atoms with van der Waals surface area (Å²) in [5.41, 5.74) is 6.35. The number of aryl methyl sites for hydroxylation is 2. The Kier molecular flexibility index (Phi) is 4.57. The predicted molar refractivity (Wildman–Crippen MR) is 104 cm³/mol. The first-order valence-electron chi connectivity index (χ1n) is 9.23. The summed E-state index contributed by atoms with van der Waals surface area (Å²) in [7, 11) is 1.72. The van der Waals surface area contributed by atoms with Crippen molar-refractivity contribution in [2.24, 2.45) is 0 Å². The highest BCUT2D eigenvalue weighted by atomic mass is 16.5. The summed E-state index contributed by atoms with van der Waals surface area (Å²) in [6, 6.07) is 12.2. The number of hydrogen-bond donors (Lipinski definition) is 1. The molecule has 0 atom stereocenters. The van der Waals surface area contributed by atoms with Crippen LogP contribution >= 0.6 is 0 Å². The van der Waals surface area contributed by atoms with Crippen LogP contribution in [0, 0.1) is 0 Å². The molecule has 25 heavy (non-hydrogen) atoms. The van der Waals surface area contributed by atoms with E-state index in [2.05, 4.69) is 52.0 Å². The van der Waals surface area contributed by atoms with Crippen LogP contribution in [-0.4, -0.2) is 12.2 Å². The van der Waals surface area contributed by atoms with Gasteiger partial charge in [0.15, 0.2) is 0 Å². The number of benzene rings is 2. The van der Waals surface area contributed by atoms with Crippen LogP contribution in [-0.2, 0) is 23.7 Å². The molecule has 2 aromatic carbocycles. The number of ether oxygens (including phenoxy) is 1. The van der Waals surface area contributed by atoms with E-state index in [1.54, 1.807) is 13.2 Å². The zero-order valence-electron chi connectivity index (χ0n) is 16.1. The quantitative estimate of drug-likeness (QED) is 0.740. The van der Waals surface area contributed by atoms with Crippen molar-refractivity contribution in [1.29, 1.82) is 0 Å². The average Bonchev–Trinajstić information content (AvgIpc) is 3.04. The van der Waals surface area contributed by atoms with Crippen LogP contribution in [0.4, 0.5) is 0 Å². The summed E-state index contributed by atoms with van der Waals surface area (Å²) in [6.07, 6.45) is 4.76. The van der Waals surface area contributed by atoms with Gasteiger partial charge < -0.3 is 9.84 Å². The second-order valence-corrected chi connectivity index (χ2v) is 8.63. The van der Waals surface area contributed by atoms with Gasteiger partial charge in [0.05, 0.1) is 7.11 Å². The highest BCUT2D eigenvalue weighted by Gasteiger charge is 2.30. The molecule has 2 nitrogen and oxygen atoms in total. The van der Waals surface area contributed by atoms with Gasteiger partial charge in [-0.3, -0.25) is 0 Å². The lowest BCUT2D eigenvalue weighted by Gasteiger charge is -2.18. The van der Waals surface area contributed by atoms with Crippen molar-refractivity contribution in [3.8, 4) is 11.5 Å². The van der Waals surface area contributed by atoms with Crippen LogP contribution in [0.1, 0.15) is 62.8 Å². The third-order valence-electron chi connectivity index (χ3n) is 5.90. The van der Waals surface area contributed by atoms with Crippen LogP contribution in [0.25, 0.3) is 0 Å². The summed E-state index contributed by atoms with van der Waals surface area (Å²) in [5, 5.41) is 9.27. The third kappa shape index (κ3) is 3.53. The molecule has 0 aliphatic heterocycles. The lowest BCUT2D eigenvalue weighted by atomic mass is 9.87. The first-order valence-corrected chi connectivity index (χ1v) is 9.23. The molecule has 0 radical (unpaired) electrons. The normalized spacial score (nSPS) is 18.8. The lowest BCUT2D eigenvalue weighted by Crippen LogP contribution is -2.11. The van der Waals surface area contributed by atoms with Crippen molar-refractivity contribution in [1.82, 2.24) is 0 Å². The molecule has 0 amide bonds. The molecular formula is C23H30O2. The van der Waals surface area contributed by atoms with Gasteiger partial charge in [-0.2, -0.15) is 0 Å². The summed E-state index contributed by atoms with van der Waals surface area (Å²) in [4.78, 5) is 0. The van der Waals surface area contributed by atoms with Crippen molar-refractivity contribution < 1.29 is 9.84 Å². The molecular weight excluding hydrogens is 308 g/mol. The average molecular weight is 338 g/mol. The van der Waals surface area contributed by atoms with Gasteiger partial charge in [-0.15, -0.1) is 0 Å². The standard InChI is InChI=1S/C12H16O.C11H14O/c1-12(2)7-6-9-8-10(13-3)4-5-11(9)12;1-11(2)6-5-8-7-9(12)3-4-10(8)11/h4-5,8H,6-7H2,1-3H3;3-4,7,12H,5-6H2,1-2H3. The number of phenolic OH excluding ortho intramolecular Hbond substituents is 1. The predicted octanol–water partition coefficient (Wildman–Crippen LogP) is 5.54. The fourth-order valence-corrected chi connectivity index (χ4v) is 4.18. The molecule has 0 aromatic heterocycles. The van der Waals surface area contributed by atoms with Gasteiger partial charge in [0.2, 0.25) is 0 Å². The maximum atomic E-state index is 9.27. The van der Waals surface area contributed by atoms with Crippen LogP contribution in [0.15, 0.2) is 36.4 Å². The van der Waals surface area contributed by atoms with E-state index in [0.717, 1.165) is 12.2 Å². The second kappa shape index (κ2) is 6.40. The Hall–Kier alpha value is -1.96. The molecule has 0 saturated heterocycles. The number of phenols is 1. The molecule has 0 saturated carbocycles. The zero-order valence-corrected chi connectivity index (χ0v) is 16.1. The molecule has 0 unspecified atom stereocenters. The van der Waals surface area contributed by atoms with E-state index in [1.165, 1.54) is 41.5 Å². The number of methoxy groups -OCH3 is 1. The molecule has 0 bridgehead atoms. The van der Waals surface area contributed by atoms with Crippen LogP contribution in [0.2, 0.25) is 0 Å². The first kappa shape index (κ1) is 17.8. The minimum atomic E-state index is 0.309. The van der Waals surface area contributed by atoms with E-state index in [-0.39, 0.29) is 0 Å². The second-order valence-electron chi connectivity index (χ2n) is 8.63. The summed E-state index contributed by atoms with van der Waals surface area (Å²) >= 11 is 0. The number of aromatic hydroxyl groups is 1. The van der Waals surface area contributed by atoms with Gasteiger partial charge in [0.1, 0.15) is 11.5 Å². The van der Waals surface area contributed by atoms with Crippen molar-refractivity contribution in [2.75, 3.05) is 7.11 Å². The third-order valence-corrected chi connectivity index (χ3v) is 5.90. The van der Waals surface area contributed by atoms with Gasteiger partial charge in [-0.25, -0.2) is 0 Å². The van der Waals surface area contributed by atoms with Gasteiger partial charge in [-0.05, 0) is 83.0 Å². The van der Waals surface area contributed by atoms with Gasteiger partial charge in [-0.1, -0.05) is 39.8 Å². The van der Waals surface area contributed by atoms with Crippen LogP contribution in [0.5, 0.6) is 11.5 Å². The maximum absolute atomic E-state index is 9.27. The topological polar surface area (TPSA) is 29.5 Å². The summed E-state index contributed by atoms with van der Waals surface area (Å²) in [5.74, 6) is 1.38. The van der Waals surface area contributed by atoms with Crippen molar-refractivity contribution in [3.05, 3.63) is 58.7 Å². The molecule has 134 valence electrons. The van der Waals surface area contributed by atoms with E-state index in [4.69, 9.17) is 4.74 Å². The molecule has 0 spiro atoms. The Labute approximate surface area is 151 Å². The zero-order chi connectivity index (χ0) is 18.2. The highest BCUT2D eigenvalue weighted by molar-refractivity contribution is 5.43. The fourth-order valence-electron chi connectivity index (χ4n) is 4.18. The Bertz CT molecular complexity index is 772. The Morgan fingerprint density at radius 3 is 1.88 bits per heavy atom. The van der Waals surface area contributed by atoms with Crippen molar-refractivity contribution in [2.45, 2.75) is 64.2 Å². The molecule has 2 aliphatic carbocycles. The van der Waals surface area contributed by atoms with Gasteiger partial charge in [0.25, 0.3) is 0 Å². The van der Waals surface area contributed by atoms with E-state index in [1.807, 2.05) is 6.07 Å². The van der Waals surface area contributed by atoms with Crippen LogP contribution in [0.3, 0.4) is 0 Å². The molecule has 0 heterocycles.